The minimum atomic E-state index is -0.857. The molecule has 1 aliphatic carbocycles. The first-order chi connectivity index (χ1) is 8.92. The number of benzene rings is 1. The molecule has 0 aromatic heterocycles. The molecule has 1 unspecified atom stereocenters. The van der Waals surface area contributed by atoms with Gasteiger partial charge < -0.3 is 10.4 Å². The SMILES string of the molecule is Cc1c(NC2CCCCC2(C)C)cccc1C(=O)O. The molecule has 19 heavy (non-hydrogen) atoms. The summed E-state index contributed by atoms with van der Waals surface area (Å²) >= 11 is 0. The molecule has 0 aliphatic heterocycles. The van der Waals surface area contributed by atoms with Crippen LogP contribution in [0.4, 0.5) is 5.69 Å². The van der Waals surface area contributed by atoms with Crippen LogP contribution >= 0.6 is 0 Å². The normalized spacial score (nSPS) is 21.9. The molecule has 104 valence electrons. The molecule has 1 atom stereocenters. The zero-order valence-electron chi connectivity index (χ0n) is 12.0. The van der Waals surface area contributed by atoms with Gasteiger partial charge in [-0.2, -0.15) is 0 Å². The molecule has 1 aromatic rings. The highest BCUT2D eigenvalue weighted by Gasteiger charge is 2.32. The largest absolute Gasteiger partial charge is 0.478 e. The number of carbonyl (C=O) groups is 1. The van der Waals surface area contributed by atoms with Gasteiger partial charge in [0.2, 0.25) is 0 Å². The average Bonchev–Trinajstić information content (AvgIpc) is 2.33. The van der Waals surface area contributed by atoms with Crippen LogP contribution in [0.1, 0.15) is 55.5 Å². The molecule has 0 amide bonds. The van der Waals surface area contributed by atoms with Crippen LogP contribution in [0, 0.1) is 12.3 Å². The summed E-state index contributed by atoms with van der Waals surface area (Å²) in [6, 6.07) is 5.87. The molecular formula is C16H23NO2. The van der Waals surface area contributed by atoms with Crippen LogP contribution in [0.25, 0.3) is 0 Å². The van der Waals surface area contributed by atoms with Gasteiger partial charge in [-0.05, 0) is 42.9 Å². The summed E-state index contributed by atoms with van der Waals surface area (Å²) in [5.41, 5.74) is 2.44. The zero-order chi connectivity index (χ0) is 14.0. The van der Waals surface area contributed by atoms with Gasteiger partial charge in [0.15, 0.2) is 0 Å². The van der Waals surface area contributed by atoms with E-state index in [4.69, 9.17) is 0 Å². The molecule has 0 saturated heterocycles. The Hall–Kier alpha value is -1.51. The van der Waals surface area contributed by atoms with Crippen LogP contribution in [0.5, 0.6) is 0 Å². The first-order valence-electron chi connectivity index (χ1n) is 7.01. The van der Waals surface area contributed by atoms with Gasteiger partial charge in [-0.1, -0.05) is 32.8 Å². The zero-order valence-corrected chi connectivity index (χ0v) is 12.0. The minimum absolute atomic E-state index is 0.268. The van der Waals surface area contributed by atoms with E-state index < -0.39 is 5.97 Å². The van der Waals surface area contributed by atoms with Crippen molar-refractivity contribution in [3.8, 4) is 0 Å². The lowest BCUT2D eigenvalue weighted by molar-refractivity contribution is 0.0696. The fourth-order valence-electron chi connectivity index (χ4n) is 2.97. The monoisotopic (exact) mass is 261 g/mol. The second kappa shape index (κ2) is 5.24. The second-order valence-corrected chi connectivity index (χ2v) is 6.21. The van der Waals surface area contributed by atoms with E-state index in [0.717, 1.165) is 17.7 Å². The van der Waals surface area contributed by atoms with Gasteiger partial charge >= 0.3 is 5.97 Å². The molecule has 1 saturated carbocycles. The quantitative estimate of drug-likeness (QED) is 0.862. The predicted molar refractivity (Wildman–Crippen MR) is 77.8 cm³/mol. The van der Waals surface area contributed by atoms with Gasteiger partial charge in [0.05, 0.1) is 5.56 Å². The third-order valence-corrected chi connectivity index (χ3v) is 4.40. The molecule has 1 aromatic carbocycles. The number of carboxylic acids is 1. The molecule has 2 rings (SSSR count). The summed E-state index contributed by atoms with van der Waals surface area (Å²) < 4.78 is 0. The lowest BCUT2D eigenvalue weighted by Gasteiger charge is -2.40. The molecule has 2 N–H and O–H groups in total. The Morgan fingerprint density at radius 3 is 2.74 bits per heavy atom. The first-order valence-corrected chi connectivity index (χ1v) is 7.01. The Morgan fingerprint density at radius 2 is 2.11 bits per heavy atom. The van der Waals surface area contributed by atoms with E-state index in [2.05, 4.69) is 19.2 Å². The second-order valence-electron chi connectivity index (χ2n) is 6.21. The summed E-state index contributed by atoms with van der Waals surface area (Å²) in [7, 11) is 0. The van der Waals surface area contributed by atoms with E-state index in [0.29, 0.717) is 11.6 Å². The molecule has 1 aliphatic rings. The third-order valence-electron chi connectivity index (χ3n) is 4.40. The molecule has 3 nitrogen and oxygen atoms in total. The van der Waals surface area contributed by atoms with Crippen molar-refractivity contribution in [2.45, 2.75) is 52.5 Å². The van der Waals surface area contributed by atoms with Crippen molar-refractivity contribution in [3.63, 3.8) is 0 Å². The smallest absolute Gasteiger partial charge is 0.336 e. The maximum Gasteiger partial charge on any atom is 0.336 e. The highest BCUT2D eigenvalue weighted by Crippen LogP contribution is 2.37. The predicted octanol–water partition coefficient (Wildman–Crippen LogP) is 4.07. The van der Waals surface area contributed by atoms with Crippen molar-refractivity contribution in [2.24, 2.45) is 5.41 Å². The third kappa shape index (κ3) is 2.91. The summed E-state index contributed by atoms with van der Waals surface area (Å²) in [4.78, 5) is 11.2. The van der Waals surface area contributed by atoms with Crippen LogP contribution in [-0.2, 0) is 0 Å². The molecular weight excluding hydrogens is 238 g/mol. The van der Waals surface area contributed by atoms with Crippen LogP contribution in [0.15, 0.2) is 18.2 Å². The van der Waals surface area contributed by atoms with Crippen LogP contribution in [-0.4, -0.2) is 17.1 Å². The van der Waals surface area contributed by atoms with E-state index in [9.17, 15) is 9.90 Å². The topological polar surface area (TPSA) is 49.3 Å². The highest BCUT2D eigenvalue weighted by atomic mass is 16.4. The Balaban J connectivity index is 2.23. The number of rotatable bonds is 3. The van der Waals surface area contributed by atoms with Crippen LogP contribution < -0.4 is 5.32 Å². The molecule has 1 fully saturated rings. The van der Waals surface area contributed by atoms with Crippen LogP contribution in [0.2, 0.25) is 0 Å². The number of hydrogen-bond donors (Lipinski definition) is 2. The Labute approximate surface area is 115 Å². The van der Waals surface area contributed by atoms with E-state index >= 15 is 0 Å². The van der Waals surface area contributed by atoms with Crippen molar-refractivity contribution < 1.29 is 9.90 Å². The van der Waals surface area contributed by atoms with Crippen molar-refractivity contribution in [2.75, 3.05) is 5.32 Å². The summed E-state index contributed by atoms with van der Waals surface area (Å²) in [6.45, 7) is 6.46. The highest BCUT2D eigenvalue weighted by molar-refractivity contribution is 5.91. The molecule has 0 spiro atoms. The van der Waals surface area contributed by atoms with Gasteiger partial charge in [0.1, 0.15) is 0 Å². The van der Waals surface area contributed by atoms with E-state index in [1.165, 1.54) is 19.3 Å². The van der Waals surface area contributed by atoms with Gasteiger partial charge in [0, 0.05) is 11.7 Å². The van der Waals surface area contributed by atoms with E-state index in [1.807, 2.05) is 19.1 Å². The minimum Gasteiger partial charge on any atom is -0.478 e. The van der Waals surface area contributed by atoms with Crippen molar-refractivity contribution >= 4 is 11.7 Å². The maximum atomic E-state index is 11.2. The Bertz CT molecular complexity index is 480. The van der Waals surface area contributed by atoms with Crippen molar-refractivity contribution in [1.29, 1.82) is 0 Å². The van der Waals surface area contributed by atoms with Crippen molar-refractivity contribution in [3.05, 3.63) is 29.3 Å². The Morgan fingerprint density at radius 1 is 1.37 bits per heavy atom. The number of anilines is 1. The number of nitrogens with one attached hydrogen (secondary N) is 1. The lowest BCUT2D eigenvalue weighted by Crippen LogP contribution is -2.39. The van der Waals surface area contributed by atoms with Gasteiger partial charge in [-0.3, -0.25) is 0 Å². The van der Waals surface area contributed by atoms with E-state index in [1.54, 1.807) is 6.07 Å². The average molecular weight is 261 g/mol. The first kappa shape index (κ1) is 13.9. The van der Waals surface area contributed by atoms with Gasteiger partial charge in [0.25, 0.3) is 0 Å². The molecule has 0 bridgehead atoms. The summed E-state index contributed by atoms with van der Waals surface area (Å²) in [6.07, 6.45) is 4.92. The summed E-state index contributed by atoms with van der Waals surface area (Å²) in [5.74, 6) is -0.857. The molecule has 3 heteroatoms. The Kier molecular flexibility index (Phi) is 3.83. The number of carboxylic acid groups (broad SMARTS) is 1. The fourth-order valence-corrected chi connectivity index (χ4v) is 2.97. The molecule has 0 heterocycles. The van der Waals surface area contributed by atoms with Gasteiger partial charge in [-0.15, -0.1) is 0 Å². The van der Waals surface area contributed by atoms with Crippen molar-refractivity contribution in [1.82, 2.24) is 0 Å². The number of hydrogen-bond acceptors (Lipinski definition) is 2. The standard InChI is InChI=1S/C16H23NO2/c1-11-12(15(18)19)7-6-8-13(11)17-14-9-4-5-10-16(14,2)3/h6-8,14,17H,4-5,9-10H2,1-3H3,(H,18,19). The van der Waals surface area contributed by atoms with Gasteiger partial charge in [-0.25, -0.2) is 4.79 Å². The summed E-state index contributed by atoms with van der Waals surface area (Å²) in [5, 5.41) is 12.7. The fraction of sp³-hybridized carbons (Fsp3) is 0.562. The molecule has 0 radical (unpaired) electrons. The van der Waals surface area contributed by atoms with Crippen LogP contribution in [0.3, 0.4) is 0 Å². The maximum absolute atomic E-state index is 11.2. The lowest BCUT2D eigenvalue weighted by atomic mass is 9.73. The number of aromatic carboxylic acids is 1. The van der Waals surface area contributed by atoms with E-state index in [-0.39, 0.29) is 5.41 Å².